The van der Waals surface area contributed by atoms with Crippen LogP contribution in [0.1, 0.15) is 18.1 Å². The molecule has 0 spiro atoms. The van der Waals surface area contributed by atoms with Gasteiger partial charge >= 0.3 is 6.03 Å². The second kappa shape index (κ2) is 9.32. The van der Waals surface area contributed by atoms with Crippen LogP contribution in [0.5, 0.6) is 0 Å². The summed E-state index contributed by atoms with van der Waals surface area (Å²) in [5, 5.41) is 14.0. The minimum atomic E-state index is -0.567. The number of urea groups is 1. The fraction of sp³-hybridized carbons (Fsp3) is 0.238. The number of nitrogens with zero attached hydrogens (tertiary/aromatic N) is 3. The summed E-state index contributed by atoms with van der Waals surface area (Å²) in [6.45, 7) is 5.73. The molecule has 0 aliphatic rings. The molecule has 156 valence electrons. The van der Waals surface area contributed by atoms with Gasteiger partial charge in [0.25, 0.3) is 0 Å². The van der Waals surface area contributed by atoms with E-state index in [1.165, 1.54) is 18.8 Å². The van der Waals surface area contributed by atoms with E-state index in [2.05, 4.69) is 20.8 Å². The van der Waals surface area contributed by atoms with Gasteiger partial charge in [-0.2, -0.15) is 0 Å². The summed E-state index contributed by atoms with van der Waals surface area (Å²) in [5.74, 6) is 0.201. The normalized spacial score (nSPS) is 11.8. The fourth-order valence-electron chi connectivity index (χ4n) is 2.83. The molecule has 1 aromatic heterocycles. The van der Waals surface area contributed by atoms with Crippen molar-refractivity contribution in [1.29, 1.82) is 0 Å². The maximum Gasteiger partial charge on any atom is 0.321 e. The summed E-state index contributed by atoms with van der Waals surface area (Å²) in [4.78, 5) is 23.8. The maximum absolute atomic E-state index is 12.3. The number of halogens is 1. The molecule has 0 unspecified atom stereocenters. The van der Waals surface area contributed by atoms with E-state index >= 15 is 0 Å². The number of hydrogen-bond donors (Lipinski definition) is 2. The molecule has 0 saturated heterocycles. The van der Waals surface area contributed by atoms with E-state index in [0.29, 0.717) is 16.0 Å². The van der Waals surface area contributed by atoms with Crippen LogP contribution in [0.25, 0.3) is 17.1 Å². The molecule has 30 heavy (non-hydrogen) atoms. The molecule has 2 N–H and O–H groups in total. The predicted octanol–water partition coefficient (Wildman–Crippen LogP) is 4.14. The number of imide groups is 1. The van der Waals surface area contributed by atoms with Crippen molar-refractivity contribution in [2.45, 2.75) is 31.2 Å². The number of hydrogen-bond acceptors (Lipinski definition) is 5. The van der Waals surface area contributed by atoms with Crippen molar-refractivity contribution < 1.29 is 9.59 Å². The van der Waals surface area contributed by atoms with Gasteiger partial charge in [0.15, 0.2) is 11.0 Å². The molecule has 1 atom stereocenters. The number of benzene rings is 2. The first kappa shape index (κ1) is 21.9. The van der Waals surface area contributed by atoms with Gasteiger partial charge in [-0.25, -0.2) is 4.79 Å². The molecule has 0 saturated carbocycles. The highest BCUT2D eigenvalue weighted by atomic mass is 35.5. The number of aryl methyl sites for hydroxylation is 2. The minimum Gasteiger partial charge on any atom is -0.341 e. The van der Waals surface area contributed by atoms with Gasteiger partial charge in [0.1, 0.15) is 0 Å². The lowest BCUT2D eigenvalue weighted by Gasteiger charge is -2.16. The van der Waals surface area contributed by atoms with Crippen LogP contribution in [0, 0.1) is 13.8 Å². The van der Waals surface area contributed by atoms with Gasteiger partial charge in [0, 0.05) is 17.6 Å². The van der Waals surface area contributed by atoms with Crippen molar-refractivity contribution in [2.75, 3.05) is 7.05 Å². The van der Waals surface area contributed by atoms with Gasteiger partial charge in [-0.05, 0) is 50.1 Å². The average Bonchev–Trinajstić information content (AvgIpc) is 3.12. The van der Waals surface area contributed by atoms with Gasteiger partial charge in [-0.3, -0.25) is 14.7 Å². The highest BCUT2D eigenvalue weighted by molar-refractivity contribution is 8.00. The van der Waals surface area contributed by atoms with E-state index in [1.807, 2.05) is 54.8 Å². The number of carbonyl (C=O) groups is 2. The number of carbonyl (C=O) groups excluding carboxylic acids is 2. The number of aromatic nitrogens is 3. The van der Waals surface area contributed by atoms with E-state index in [-0.39, 0.29) is 0 Å². The van der Waals surface area contributed by atoms with Crippen molar-refractivity contribution in [3.8, 4) is 17.1 Å². The van der Waals surface area contributed by atoms with E-state index in [0.717, 1.165) is 22.4 Å². The number of thioether (sulfide) groups is 1. The Morgan fingerprint density at radius 2 is 1.90 bits per heavy atom. The minimum absolute atomic E-state index is 0.417. The van der Waals surface area contributed by atoms with Crippen molar-refractivity contribution >= 4 is 35.3 Å². The van der Waals surface area contributed by atoms with E-state index < -0.39 is 17.2 Å². The summed E-state index contributed by atoms with van der Waals surface area (Å²) in [7, 11) is 1.45. The third kappa shape index (κ3) is 4.83. The zero-order chi connectivity index (χ0) is 21.8. The van der Waals surface area contributed by atoms with Crippen molar-refractivity contribution in [3.05, 3.63) is 58.6 Å². The Morgan fingerprint density at radius 3 is 2.60 bits per heavy atom. The predicted molar refractivity (Wildman–Crippen MR) is 119 cm³/mol. The van der Waals surface area contributed by atoms with Crippen LogP contribution in [0.2, 0.25) is 5.02 Å². The van der Waals surface area contributed by atoms with Crippen LogP contribution in [-0.4, -0.2) is 39.0 Å². The van der Waals surface area contributed by atoms with Gasteiger partial charge in [0.2, 0.25) is 5.91 Å². The Morgan fingerprint density at radius 1 is 1.13 bits per heavy atom. The lowest BCUT2D eigenvalue weighted by atomic mass is 10.1. The van der Waals surface area contributed by atoms with Crippen LogP contribution >= 0.6 is 23.4 Å². The molecule has 0 aliphatic carbocycles. The van der Waals surface area contributed by atoms with Gasteiger partial charge in [-0.15, -0.1) is 10.2 Å². The molecule has 9 heteroatoms. The zero-order valence-electron chi connectivity index (χ0n) is 17.1. The van der Waals surface area contributed by atoms with Crippen molar-refractivity contribution in [2.24, 2.45) is 0 Å². The van der Waals surface area contributed by atoms with Crippen LogP contribution < -0.4 is 10.6 Å². The summed E-state index contributed by atoms with van der Waals surface area (Å²) in [5.41, 5.74) is 3.84. The summed E-state index contributed by atoms with van der Waals surface area (Å²) < 4.78 is 1.92. The monoisotopic (exact) mass is 443 g/mol. The molecular formula is C21H22ClN5O2S. The summed E-state index contributed by atoms with van der Waals surface area (Å²) in [6.07, 6.45) is 0. The Labute approximate surface area is 184 Å². The number of rotatable bonds is 5. The molecular weight excluding hydrogens is 422 g/mol. The van der Waals surface area contributed by atoms with Crippen molar-refractivity contribution in [3.63, 3.8) is 0 Å². The molecule has 0 radical (unpaired) electrons. The quantitative estimate of drug-likeness (QED) is 0.578. The average molecular weight is 444 g/mol. The van der Waals surface area contributed by atoms with Crippen LogP contribution in [0.15, 0.2) is 47.6 Å². The Hall–Kier alpha value is -2.84. The van der Waals surface area contributed by atoms with Crippen LogP contribution in [-0.2, 0) is 4.79 Å². The maximum atomic E-state index is 12.3. The number of nitrogens with one attached hydrogen (secondary N) is 2. The molecule has 3 aromatic rings. The fourth-order valence-corrected chi connectivity index (χ4v) is 3.88. The number of amides is 3. The Kier molecular flexibility index (Phi) is 6.79. The van der Waals surface area contributed by atoms with E-state index in [1.54, 1.807) is 13.0 Å². The van der Waals surface area contributed by atoms with Crippen LogP contribution in [0.4, 0.5) is 4.79 Å². The van der Waals surface area contributed by atoms with Gasteiger partial charge in [-0.1, -0.05) is 47.6 Å². The Balaban J connectivity index is 2.07. The standard InChI is InChI=1S/C21H22ClN5O2S/c1-12-8-9-13(2)17(10-12)27-18(15-6-5-7-16(22)11-15)25-26-21(27)30-14(3)19(28)24-20(29)23-4/h5-11,14H,1-4H3,(H2,23,24,28,29)/t14-/m0/s1. The first-order valence-corrected chi connectivity index (χ1v) is 10.5. The van der Waals surface area contributed by atoms with E-state index in [9.17, 15) is 9.59 Å². The molecule has 2 aromatic carbocycles. The highest BCUT2D eigenvalue weighted by Crippen LogP contribution is 2.32. The first-order valence-electron chi connectivity index (χ1n) is 9.28. The van der Waals surface area contributed by atoms with Crippen LogP contribution in [0.3, 0.4) is 0 Å². The molecule has 0 bridgehead atoms. The molecule has 3 rings (SSSR count). The van der Waals surface area contributed by atoms with Crippen molar-refractivity contribution in [1.82, 2.24) is 25.4 Å². The largest absolute Gasteiger partial charge is 0.341 e. The highest BCUT2D eigenvalue weighted by Gasteiger charge is 2.23. The van der Waals surface area contributed by atoms with E-state index in [4.69, 9.17) is 11.6 Å². The smallest absolute Gasteiger partial charge is 0.321 e. The molecule has 3 amide bonds. The van der Waals surface area contributed by atoms with Gasteiger partial charge < -0.3 is 5.32 Å². The zero-order valence-corrected chi connectivity index (χ0v) is 18.6. The van der Waals surface area contributed by atoms with Gasteiger partial charge in [0.05, 0.1) is 10.9 Å². The second-order valence-corrected chi connectivity index (χ2v) is 8.51. The Bertz CT molecular complexity index is 1100. The molecule has 0 fully saturated rings. The molecule has 7 nitrogen and oxygen atoms in total. The SMILES string of the molecule is CNC(=O)NC(=O)[C@H](C)Sc1nnc(-c2cccc(Cl)c2)n1-c1cc(C)ccc1C. The summed E-state index contributed by atoms with van der Waals surface area (Å²) >= 11 is 7.42. The topological polar surface area (TPSA) is 88.9 Å². The molecule has 0 aliphatic heterocycles. The molecule has 1 heterocycles. The first-order chi connectivity index (χ1) is 14.3. The third-order valence-corrected chi connectivity index (χ3v) is 5.71. The lowest BCUT2D eigenvalue weighted by molar-refractivity contribution is -0.119. The lowest BCUT2D eigenvalue weighted by Crippen LogP contribution is -2.41. The second-order valence-electron chi connectivity index (χ2n) is 6.77. The third-order valence-electron chi connectivity index (χ3n) is 4.44. The summed E-state index contributed by atoms with van der Waals surface area (Å²) in [6, 6.07) is 12.9.